The van der Waals surface area contributed by atoms with Crippen LogP contribution in [0.5, 0.6) is 11.5 Å². The van der Waals surface area contributed by atoms with E-state index < -0.39 is 0 Å². The number of methoxy groups -OCH3 is 2. The normalized spacial score (nSPS) is 11.6. The Balaban J connectivity index is 1.91. The number of nitrogens with one attached hydrogen (secondary N) is 1. The first-order valence-corrected chi connectivity index (χ1v) is 8.70. The third-order valence-corrected chi connectivity index (χ3v) is 4.52. The second-order valence-corrected chi connectivity index (χ2v) is 6.27. The second-order valence-electron chi connectivity index (χ2n) is 6.27. The molecule has 1 amide bonds. The molecular formula is C21H25N3O3. The molecule has 0 aromatic heterocycles. The SMILES string of the molecule is COc1ccc(CCN(C)[C@H](C)C(=O)Nc2ccc(C#N)cc2)cc1OC. The number of hydrogen-bond donors (Lipinski definition) is 1. The van der Waals surface area contributed by atoms with Crippen LogP contribution in [0.4, 0.5) is 5.69 Å². The molecule has 0 spiro atoms. The molecule has 1 atom stereocenters. The first kappa shape index (κ1) is 20.3. The Morgan fingerprint density at radius 3 is 2.41 bits per heavy atom. The largest absolute Gasteiger partial charge is 0.493 e. The van der Waals surface area contributed by atoms with Crippen LogP contribution in [0.3, 0.4) is 0 Å². The molecule has 142 valence electrons. The number of likely N-dealkylation sites (N-methyl/N-ethyl adjacent to an activating group) is 1. The minimum Gasteiger partial charge on any atom is -0.493 e. The highest BCUT2D eigenvalue weighted by Crippen LogP contribution is 2.27. The summed E-state index contributed by atoms with van der Waals surface area (Å²) in [6, 6.07) is 14.4. The van der Waals surface area contributed by atoms with E-state index in [9.17, 15) is 4.79 Å². The zero-order chi connectivity index (χ0) is 19.8. The smallest absolute Gasteiger partial charge is 0.241 e. The number of amides is 1. The molecule has 27 heavy (non-hydrogen) atoms. The highest BCUT2D eigenvalue weighted by molar-refractivity contribution is 5.94. The van der Waals surface area contributed by atoms with Gasteiger partial charge in [-0.05, 0) is 62.4 Å². The molecule has 0 fully saturated rings. The van der Waals surface area contributed by atoms with Gasteiger partial charge in [-0.15, -0.1) is 0 Å². The average molecular weight is 367 g/mol. The lowest BCUT2D eigenvalue weighted by molar-refractivity contribution is -0.120. The highest BCUT2D eigenvalue weighted by Gasteiger charge is 2.18. The van der Waals surface area contributed by atoms with E-state index in [-0.39, 0.29) is 11.9 Å². The lowest BCUT2D eigenvalue weighted by atomic mass is 10.1. The minimum absolute atomic E-state index is 0.0884. The van der Waals surface area contributed by atoms with Crippen LogP contribution in [0.1, 0.15) is 18.1 Å². The van der Waals surface area contributed by atoms with Crippen LogP contribution >= 0.6 is 0 Å². The van der Waals surface area contributed by atoms with Gasteiger partial charge >= 0.3 is 0 Å². The molecule has 0 bridgehead atoms. The van der Waals surface area contributed by atoms with E-state index in [0.717, 1.165) is 18.5 Å². The first-order chi connectivity index (χ1) is 13.0. The number of ether oxygens (including phenoxy) is 2. The van der Waals surface area contributed by atoms with E-state index in [1.807, 2.05) is 37.1 Å². The molecule has 0 aliphatic carbocycles. The number of nitriles is 1. The van der Waals surface area contributed by atoms with Crippen LogP contribution < -0.4 is 14.8 Å². The zero-order valence-corrected chi connectivity index (χ0v) is 16.2. The van der Waals surface area contributed by atoms with E-state index in [1.165, 1.54) is 0 Å². The van der Waals surface area contributed by atoms with E-state index in [2.05, 4.69) is 11.4 Å². The average Bonchev–Trinajstić information content (AvgIpc) is 2.71. The molecule has 1 N–H and O–H groups in total. The van der Waals surface area contributed by atoms with Gasteiger partial charge in [-0.2, -0.15) is 5.26 Å². The summed E-state index contributed by atoms with van der Waals surface area (Å²) < 4.78 is 10.6. The first-order valence-electron chi connectivity index (χ1n) is 8.70. The summed E-state index contributed by atoms with van der Waals surface area (Å²) in [5.41, 5.74) is 2.35. The van der Waals surface area contributed by atoms with Gasteiger partial charge in [0.15, 0.2) is 11.5 Å². The molecule has 2 aromatic carbocycles. The molecule has 2 rings (SSSR count). The Hall–Kier alpha value is -3.04. The quantitative estimate of drug-likeness (QED) is 0.776. The van der Waals surface area contributed by atoms with E-state index >= 15 is 0 Å². The van der Waals surface area contributed by atoms with E-state index in [0.29, 0.717) is 22.7 Å². The predicted octanol–water partition coefficient (Wildman–Crippen LogP) is 3.08. The summed E-state index contributed by atoms with van der Waals surface area (Å²) in [6.07, 6.45) is 0.783. The number of nitrogens with zero attached hydrogens (tertiary/aromatic N) is 2. The van der Waals surface area contributed by atoms with Crippen molar-refractivity contribution in [2.24, 2.45) is 0 Å². The molecule has 0 aliphatic heterocycles. The van der Waals surface area contributed by atoms with Gasteiger partial charge in [0.05, 0.1) is 31.9 Å². The topological polar surface area (TPSA) is 74.6 Å². The third kappa shape index (κ3) is 5.47. The summed E-state index contributed by atoms with van der Waals surface area (Å²) in [6.45, 7) is 2.59. The Labute approximate surface area is 160 Å². The summed E-state index contributed by atoms with van der Waals surface area (Å²) >= 11 is 0. The molecule has 0 aliphatic rings. The maximum Gasteiger partial charge on any atom is 0.241 e. The van der Waals surface area contributed by atoms with Crippen molar-refractivity contribution >= 4 is 11.6 Å². The van der Waals surface area contributed by atoms with Crippen LogP contribution in [0.25, 0.3) is 0 Å². The summed E-state index contributed by atoms with van der Waals surface area (Å²) in [4.78, 5) is 14.4. The monoisotopic (exact) mass is 367 g/mol. The van der Waals surface area contributed by atoms with E-state index in [1.54, 1.807) is 38.5 Å². The van der Waals surface area contributed by atoms with Crippen LogP contribution in [0.15, 0.2) is 42.5 Å². The van der Waals surface area contributed by atoms with Gasteiger partial charge in [0.1, 0.15) is 0 Å². The van der Waals surface area contributed by atoms with Crippen molar-refractivity contribution in [3.63, 3.8) is 0 Å². The summed E-state index contributed by atoms with van der Waals surface area (Å²) in [7, 11) is 5.15. The Kier molecular flexibility index (Phi) is 7.21. The molecule has 0 saturated carbocycles. The number of carbonyl (C=O) groups is 1. The fraction of sp³-hybridized carbons (Fsp3) is 0.333. The molecular weight excluding hydrogens is 342 g/mol. The molecule has 0 radical (unpaired) electrons. The van der Waals surface area contributed by atoms with Gasteiger partial charge in [0, 0.05) is 12.2 Å². The highest BCUT2D eigenvalue weighted by atomic mass is 16.5. The van der Waals surface area contributed by atoms with Crippen molar-refractivity contribution in [3.8, 4) is 17.6 Å². The standard InChI is InChI=1S/C21H25N3O3/c1-15(21(25)23-18-8-5-17(14-22)6-9-18)24(2)12-11-16-7-10-19(26-3)20(13-16)27-4/h5-10,13,15H,11-12H2,1-4H3,(H,23,25)/t15-/m1/s1. The van der Waals surface area contributed by atoms with Crippen molar-refractivity contribution in [1.29, 1.82) is 5.26 Å². The molecule has 0 unspecified atom stereocenters. The maximum atomic E-state index is 12.4. The van der Waals surface area contributed by atoms with Crippen molar-refractivity contribution in [2.45, 2.75) is 19.4 Å². The lowest BCUT2D eigenvalue weighted by Crippen LogP contribution is -2.40. The van der Waals surface area contributed by atoms with Gasteiger partial charge < -0.3 is 14.8 Å². The lowest BCUT2D eigenvalue weighted by Gasteiger charge is -2.24. The van der Waals surface area contributed by atoms with Crippen LogP contribution in [0, 0.1) is 11.3 Å². The number of carbonyl (C=O) groups excluding carboxylic acids is 1. The molecule has 2 aromatic rings. The van der Waals surface area contributed by atoms with Gasteiger partial charge in [-0.3, -0.25) is 9.69 Å². The van der Waals surface area contributed by atoms with Gasteiger partial charge in [0.25, 0.3) is 0 Å². The zero-order valence-electron chi connectivity index (χ0n) is 16.2. The van der Waals surface area contributed by atoms with Crippen molar-refractivity contribution in [1.82, 2.24) is 4.90 Å². The fourth-order valence-electron chi connectivity index (χ4n) is 2.61. The van der Waals surface area contributed by atoms with Gasteiger partial charge in [-0.25, -0.2) is 0 Å². The van der Waals surface area contributed by atoms with Crippen LogP contribution in [0.2, 0.25) is 0 Å². The number of rotatable bonds is 8. The number of anilines is 1. The van der Waals surface area contributed by atoms with Crippen molar-refractivity contribution in [2.75, 3.05) is 33.1 Å². The van der Waals surface area contributed by atoms with Gasteiger partial charge in [-0.1, -0.05) is 6.07 Å². The maximum absolute atomic E-state index is 12.4. The van der Waals surface area contributed by atoms with Gasteiger partial charge in [0.2, 0.25) is 5.91 Å². The summed E-state index contributed by atoms with van der Waals surface area (Å²) in [5, 5.41) is 11.7. The number of benzene rings is 2. The van der Waals surface area contributed by atoms with Crippen LogP contribution in [-0.4, -0.2) is 44.7 Å². The number of hydrogen-bond acceptors (Lipinski definition) is 5. The molecule has 6 nitrogen and oxygen atoms in total. The van der Waals surface area contributed by atoms with Crippen molar-refractivity contribution < 1.29 is 14.3 Å². The Morgan fingerprint density at radius 2 is 1.81 bits per heavy atom. The second kappa shape index (κ2) is 9.60. The predicted molar refractivity (Wildman–Crippen MR) is 105 cm³/mol. The Bertz CT molecular complexity index is 812. The van der Waals surface area contributed by atoms with E-state index in [4.69, 9.17) is 14.7 Å². The third-order valence-electron chi connectivity index (χ3n) is 4.52. The van der Waals surface area contributed by atoms with Crippen LogP contribution in [-0.2, 0) is 11.2 Å². The molecule has 6 heteroatoms. The molecule has 0 saturated heterocycles. The minimum atomic E-state index is -0.291. The van der Waals surface area contributed by atoms with Crippen molar-refractivity contribution in [3.05, 3.63) is 53.6 Å². The molecule has 0 heterocycles. The Morgan fingerprint density at radius 1 is 1.15 bits per heavy atom. The summed E-state index contributed by atoms with van der Waals surface area (Å²) in [5.74, 6) is 1.31. The fourth-order valence-corrected chi connectivity index (χ4v) is 2.61.